The predicted molar refractivity (Wildman–Crippen MR) is 68.7 cm³/mol. The molecule has 18 heavy (non-hydrogen) atoms. The van der Waals surface area contributed by atoms with Crippen molar-refractivity contribution in [1.29, 1.82) is 0 Å². The highest BCUT2D eigenvalue weighted by Gasteiger charge is 2.31. The zero-order valence-electron chi connectivity index (χ0n) is 10.8. The van der Waals surface area contributed by atoms with Gasteiger partial charge in [-0.25, -0.2) is 8.42 Å². The number of aromatic amines is 1. The van der Waals surface area contributed by atoms with E-state index >= 15 is 0 Å². The molecule has 1 aliphatic rings. The van der Waals surface area contributed by atoms with Gasteiger partial charge in [-0.05, 0) is 38.5 Å². The third-order valence-electron chi connectivity index (χ3n) is 3.65. The van der Waals surface area contributed by atoms with Crippen LogP contribution in [0.5, 0.6) is 0 Å². The smallest absolute Gasteiger partial charge is 0.259 e. The molecule has 7 heteroatoms. The largest absolute Gasteiger partial charge is 0.303 e. The van der Waals surface area contributed by atoms with Crippen LogP contribution in [0.3, 0.4) is 0 Å². The van der Waals surface area contributed by atoms with Crippen molar-refractivity contribution in [1.82, 2.24) is 19.4 Å². The first-order chi connectivity index (χ1) is 8.55. The molecule has 1 aromatic heterocycles. The van der Waals surface area contributed by atoms with Crippen molar-refractivity contribution in [2.24, 2.45) is 0 Å². The number of sulfonamides is 1. The van der Waals surface area contributed by atoms with Crippen molar-refractivity contribution in [2.45, 2.75) is 30.8 Å². The Labute approximate surface area is 108 Å². The molecule has 0 atom stereocenters. The lowest BCUT2D eigenvalue weighted by atomic mass is 10.1. The van der Waals surface area contributed by atoms with Gasteiger partial charge in [0.2, 0.25) is 0 Å². The van der Waals surface area contributed by atoms with E-state index in [0.717, 1.165) is 32.5 Å². The first-order valence-electron chi connectivity index (χ1n) is 6.25. The first-order valence-corrected chi connectivity index (χ1v) is 7.69. The van der Waals surface area contributed by atoms with Crippen LogP contribution in [0.2, 0.25) is 0 Å². The van der Waals surface area contributed by atoms with Crippen LogP contribution in [0.1, 0.15) is 19.8 Å². The zero-order chi connectivity index (χ0) is 13.2. The molecule has 2 rings (SSSR count). The maximum Gasteiger partial charge on any atom is 0.259 e. The van der Waals surface area contributed by atoms with E-state index in [-0.39, 0.29) is 11.1 Å². The summed E-state index contributed by atoms with van der Waals surface area (Å²) in [6.45, 7) is 5.09. The monoisotopic (exact) mass is 272 g/mol. The normalized spacial score (nSPS) is 19.5. The molecular weight excluding hydrogens is 252 g/mol. The summed E-state index contributed by atoms with van der Waals surface area (Å²) in [5.41, 5.74) is 0. The molecular formula is C11H20N4O2S. The lowest BCUT2D eigenvalue weighted by molar-refractivity contribution is 0.176. The lowest BCUT2D eigenvalue weighted by Crippen LogP contribution is -2.45. The van der Waals surface area contributed by atoms with Gasteiger partial charge in [0.05, 0.1) is 6.20 Å². The fourth-order valence-electron chi connectivity index (χ4n) is 2.34. The van der Waals surface area contributed by atoms with Crippen molar-refractivity contribution >= 4 is 10.0 Å². The van der Waals surface area contributed by atoms with Crippen LogP contribution < -0.4 is 0 Å². The summed E-state index contributed by atoms with van der Waals surface area (Å²) in [5.74, 6) is 0. The molecule has 1 N–H and O–H groups in total. The topological polar surface area (TPSA) is 69.3 Å². The molecule has 1 aromatic rings. The van der Waals surface area contributed by atoms with E-state index in [4.69, 9.17) is 0 Å². The van der Waals surface area contributed by atoms with E-state index in [2.05, 4.69) is 22.0 Å². The third-order valence-corrected chi connectivity index (χ3v) is 5.49. The molecule has 1 fully saturated rings. The number of piperidine rings is 1. The summed E-state index contributed by atoms with van der Waals surface area (Å²) in [6.07, 6.45) is 3.23. The summed E-state index contributed by atoms with van der Waals surface area (Å²) >= 11 is 0. The number of nitrogens with one attached hydrogen (secondary N) is 1. The zero-order valence-corrected chi connectivity index (χ0v) is 11.7. The highest BCUT2D eigenvalue weighted by Crippen LogP contribution is 2.21. The van der Waals surface area contributed by atoms with Crippen molar-refractivity contribution in [3.63, 3.8) is 0 Å². The predicted octanol–water partition coefficient (Wildman–Crippen LogP) is 0.514. The Balaban J connectivity index is 2.06. The first kappa shape index (κ1) is 13.5. The summed E-state index contributed by atoms with van der Waals surface area (Å²) in [6, 6.07) is 1.58. The van der Waals surface area contributed by atoms with Crippen molar-refractivity contribution in [3.05, 3.63) is 12.3 Å². The molecule has 0 amide bonds. The van der Waals surface area contributed by atoms with Crippen molar-refractivity contribution < 1.29 is 8.42 Å². The molecule has 1 saturated heterocycles. The van der Waals surface area contributed by atoms with Gasteiger partial charge in [0.25, 0.3) is 10.0 Å². The average Bonchev–Trinajstić information content (AvgIpc) is 2.92. The van der Waals surface area contributed by atoms with Gasteiger partial charge in [-0.1, -0.05) is 6.92 Å². The van der Waals surface area contributed by atoms with Gasteiger partial charge in [-0.15, -0.1) is 0 Å². The highest BCUT2D eigenvalue weighted by atomic mass is 32.2. The Morgan fingerprint density at radius 1 is 1.50 bits per heavy atom. The van der Waals surface area contributed by atoms with E-state index in [1.807, 2.05) is 0 Å². The van der Waals surface area contributed by atoms with E-state index in [1.54, 1.807) is 7.05 Å². The second kappa shape index (κ2) is 5.38. The number of aromatic nitrogens is 2. The Hall–Kier alpha value is -0.920. The van der Waals surface area contributed by atoms with Gasteiger partial charge in [-0.3, -0.25) is 5.10 Å². The molecule has 0 saturated carbocycles. The van der Waals surface area contributed by atoms with Gasteiger partial charge >= 0.3 is 0 Å². The van der Waals surface area contributed by atoms with Gasteiger partial charge in [0.1, 0.15) is 0 Å². The Morgan fingerprint density at radius 3 is 2.67 bits per heavy atom. The van der Waals surface area contributed by atoms with Crippen LogP contribution in [0, 0.1) is 0 Å². The van der Waals surface area contributed by atoms with E-state index in [1.165, 1.54) is 16.6 Å². The maximum atomic E-state index is 12.3. The summed E-state index contributed by atoms with van der Waals surface area (Å²) in [4.78, 5) is 2.34. The summed E-state index contributed by atoms with van der Waals surface area (Å²) in [7, 11) is -1.77. The number of hydrogen-bond acceptors (Lipinski definition) is 4. The SMILES string of the molecule is CCN1CCC(N(C)S(=O)(=O)c2ccn[nH]2)CC1. The van der Waals surface area contributed by atoms with Crippen LogP contribution >= 0.6 is 0 Å². The molecule has 102 valence electrons. The fraction of sp³-hybridized carbons (Fsp3) is 0.727. The Morgan fingerprint density at radius 2 is 2.17 bits per heavy atom. The van der Waals surface area contributed by atoms with Gasteiger partial charge in [0.15, 0.2) is 5.03 Å². The van der Waals surface area contributed by atoms with Gasteiger partial charge in [0, 0.05) is 13.1 Å². The third kappa shape index (κ3) is 2.57. The van der Waals surface area contributed by atoms with Crippen LogP contribution in [0.25, 0.3) is 0 Å². The fourth-order valence-corrected chi connectivity index (χ4v) is 3.65. The molecule has 0 bridgehead atoms. The standard InChI is InChI=1S/C11H20N4O2S/c1-3-15-8-5-10(6-9-15)14(2)18(16,17)11-4-7-12-13-11/h4,7,10H,3,5-6,8-9H2,1-2H3,(H,12,13). The van der Waals surface area contributed by atoms with Crippen molar-refractivity contribution in [2.75, 3.05) is 26.7 Å². The van der Waals surface area contributed by atoms with Gasteiger partial charge in [-0.2, -0.15) is 9.40 Å². The molecule has 0 aliphatic carbocycles. The Bertz CT molecular complexity index is 463. The number of hydrogen-bond donors (Lipinski definition) is 1. The molecule has 0 spiro atoms. The molecule has 1 aliphatic heterocycles. The number of H-pyrrole nitrogens is 1. The minimum atomic E-state index is -3.42. The second-order valence-corrected chi connectivity index (χ2v) is 6.57. The minimum Gasteiger partial charge on any atom is -0.303 e. The number of likely N-dealkylation sites (tertiary alicyclic amines) is 1. The van der Waals surface area contributed by atoms with E-state index < -0.39 is 10.0 Å². The van der Waals surface area contributed by atoms with E-state index in [0.29, 0.717) is 0 Å². The van der Waals surface area contributed by atoms with Crippen LogP contribution in [-0.4, -0.2) is 60.5 Å². The van der Waals surface area contributed by atoms with Crippen LogP contribution in [-0.2, 0) is 10.0 Å². The molecule has 2 heterocycles. The molecule has 0 aromatic carbocycles. The molecule has 6 nitrogen and oxygen atoms in total. The van der Waals surface area contributed by atoms with Gasteiger partial charge < -0.3 is 4.90 Å². The second-order valence-electron chi connectivity index (χ2n) is 4.61. The van der Waals surface area contributed by atoms with Crippen LogP contribution in [0.15, 0.2) is 17.3 Å². The maximum absolute atomic E-state index is 12.3. The number of rotatable bonds is 4. The summed E-state index contributed by atoms with van der Waals surface area (Å²) in [5, 5.41) is 6.40. The van der Waals surface area contributed by atoms with E-state index in [9.17, 15) is 8.42 Å². The lowest BCUT2D eigenvalue weighted by Gasteiger charge is -2.35. The number of nitrogens with zero attached hydrogens (tertiary/aromatic N) is 3. The minimum absolute atomic E-state index is 0.0844. The average molecular weight is 272 g/mol. The Kier molecular flexibility index (Phi) is 4.04. The van der Waals surface area contributed by atoms with Crippen LogP contribution in [0.4, 0.5) is 0 Å². The quantitative estimate of drug-likeness (QED) is 0.867. The molecule has 0 unspecified atom stereocenters. The molecule has 0 radical (unpaired) electrons. The highest BCUT2D eigenvalue weighted by molar-refractivity contribution is 7.89. The summed E-state index contributed by atoms with van der Waals surface area (Å²) < 4.78 is 26.0. The van der Waals surface area contributed by atoms with Crippen molar-refractivity contribution in [3.8, 4) is 0 Å².